The van der Waals surface area contributed by atoms with E-state index >= 15 is 0 Å². The van der Waals surface area contributed by atoms with Crippen LogP contribution in [0, 0.1) is 5.41 Å². The Bertz CT molecular complexity index is 1190. The number of nitrogens with one attached hydrogen (secondary N) is 4. The zero-order valence-corrected chi connectivity index (χ0v) is 20.6. The van der Waals surface area contributed by atoms with Crippen molar-refractivity contribution in [1.82, 2.24) is 10.3 Å². The predicted octanol–water partition coefficient (Wildman–Crippen LogP) is 7.37. The monoisotopic (exact) mass is 491 g/mol. The molecule has 170 valence electrons. The van der Waals surface area contributed by atoms with Gasteiger partial charge in [-0.3, -0.25) is 5.41 Å². The maximum absolute atomic E-state index is 6.21. The van der Waals surface area contributed by atoms with Gasteiger partial charge in [0.1, 0.15) is 0 Å². The Kier molecular flexibility index (Phi) is 10.1. The molecule has 0 spiro atoms. The summed E-state index contributed by atoms with van der Waals surface area (Å²) < 4.78 is 0. The van der Waals surface area contributed by atoms with Crippen LogP contribution in [0.2, 0.25) is 15.1 Å². The summed E-state index contributed by atoms with van der Waals surface area (Å²) in [7, 11) is 1.96. The maximum Gasteiger partial charge on any atom is 0.0765 e. The first-order valence-electron chi connectivity index (χ1n) is 10.3. The number of nitrogens with two attached hydrogens (primary N) is 1. The van der Waals surface area contributed by atoms with Crippen LogP contribution in [-0.2, 0) is 6.42 Å². The van der Waals surface area contributed by atoms with E-state index in [1.807, 2.05) is 51.2 Å². The van der Waals surface area contributed by atoms with Crippen LogP contribution in [0.4, 0.5) is 11.4 Å². The number of aromatic amines is 1. The van der Waals surface area contributed by atoms with E-state index in [1.54, 1.807) is 6.07 Å². The lowest BCUT2D eigenvalue weighted by Crippen LogP contribution is -2.11. The minimum Gasteiger partial charge on any atom is -0.390 e. The Morgan fingerprint density at radius 3 is 2.34 bits per heavy atom. The molecule has 32 heavy (non-hydrogen) atoms. The van der Waals surface area contributed by atoms with Crippen LogP contribution in [0.3, 0.4) is 0 Å². The van der Waals surface area contributed by atoms with Gasteiger partial charge in [0.2, 0.25) is 0 Å². The number of hydrogen-bond donors (Lipinski definition) is 5. The van der Waals surface area contributed by atoms with Crippen LogP contribution in [0.1, 0.15) is 19.4 Å². The number of likely N-dealkylation sites (N-methyl/N-ethyl adjacent to an activating group) is 1. The van der Waals surface area contributed by atoms with E-state index in [0.29, 0.717) is 10.0 Å². The molecular weight excluding hydrogens is 465 g/mol. The van der Waals surface area contributed by atoms with Crippen molar-refractivity contribution < 1.29 is 0 Å². The number of aromatic nitrogens is 1. The molecule has 8 heteroatoms. The van der Waals surface area contributed by atoms with Crippen LogP contribution in [-0.4, -0.2) is 24.9 Å². The molecule has 5 nitrogen and oxygen atoms in total. The molecule has 0 unspecified atom stereocenters. The van der Waals surface area contributed by atoms with E-state index in [4.69, 9.17) is 40.2 Å². The van der Waals surface area contributed by atoms with E-state index in [1.165, 1.54) is 10.9 Å². The number of anilines is 2. The molecule has 4 aromatic rings. The summed E-state index contributed by atoms with van der Waals surface area (Å²) in [6, 6.07) is 15.7. The van der Waals surface area contributed by atoms with Gasteiger partial charge in [-0.05, 0) is 62.5 Å². The second-order valence-corrected chi connectivity index (χ2v) is 7.85. The molecule has 0 atom stereocenters. The first-order chi connectivity index (χ1) is 15.5. The number of benzene rings is 3. The second kappa shape index (κ2) is 12.6. The van der Waals surface area contributed by atoms with Crippen molar-refractivity contribution in [2.45, 2.75) is 20.3 Å². The van der Waals surface area contributed by atoms with Gasteiger partial charge in [0.25, 0.3) is 0 Å². The Morgan fingerprint density at radius 1 is 0.969 bits per heavy atom. The lowest BCUT2D eigenvalue weighted by molar-refractivity contribution is 0.795. The zero-order chi connectivity index (χ0) is 23.7. The van der Waals surface area contributed by atoms with Crippen LogP contribution in [0.15, 0.2) is 48.5 Å². The largest absolute Gasteiger partial charge is 0.390 e. The summed E-state index contributed by atoms with van der Waals surface area (Å²) in [6.45, 7) is 4.87. The maximum atomic E-state index is 6.21. The SMILES string of the molecule is CC.CNCCc1c(Nc2ccc(Cl)c(Cl)c2)ccc2c1[nH]c1ccc(Cl)cc12.N=CN. The van der Waals surface area contributed by atoms with Crippen molar-refractivity contribution >= 4 is 74.3 Å². The number of rotatable bonds is 5. The van der Waals surface area contributed by atoms with E-state index in [0.717, 1.165) is 52.1 Å². The van der Waals surface area contributed by atoms with Gasteiger partial charge < -0.3 is 21.4 Å². The van der Waals surface area contributed by atoms with Crippen molar-refractivity contribution in [2.75, 3.05) is 18.9 Å². The number of hydrogen-bond acceptors (Lipinski definition) is 3. The van der Waals surface area contributed by atoms with E-state index < -0.39 is 0 Å². The molecule has 6 N–H and O–H groups in total. The Morgan fingerprint density at radius 2 is 1.69 bits per heavy atom. The molecule has 3 aromatic carbocycles. The molecule has 0 aliphatic rings. The molecular formula is C24H28Cl3N5. The van der Waals surface area contributed by atoms with Crippen molar-refractivity contribution in [1.29, 1.82) is 5.41 Å². The average molecular weight is 493 g/mol. The molecule has 1 heterocycles. The third-order valence-electron chi connectivity index (χ3n) is 4.67. The highest BCUT2D eigenvalue weighted by molar-refractivity contribution is 6.42. The minimum atomic E-state index is 0.528. The molecule has 4 rings (SSSR count). The average Bonchev–Trinajstić information content (AvgIpc) is 3.15. The van der Waals surface area contributed by atoms with E-state index in [-0.39, 0.29) is 0 Å². The first kappa shape index (κ1) is 25.8. The molecule has 0 saturated carbocycles. The van der Waals surface area contributed by atoms with Gasteiger partial charge in [-0.2, -0.15) is 0 Å². The Balaban J connectivity index is 0.000000671. The highest BCUT2D eigenvalue weighted by Gasteiger charge is 2.13. The van der Waals surface area contributed by atoms with Gasteiger partial charge in [0.15, 0.2) is 0 Å². The van der Waals surface area contributed by atoms with Crippen molar-refractivity contribution in [2.24, 2.45) is 5.73 Å². The highest BCUT2D eigenvalue weighted by Crippen LogP contribution is 2.35. The minimum absolute atomic E-state index is 0.528. The standard InChI is InChI=1S/C21H18Cl3N3.C2H6.CH4N2/c1-25-9-8-15-19(26-13-3-5-17(23)18(24)11-13)7-4-14-16-10-12(22)2-6-20(16)27-21(14)15;1-2;2-1-3/h2-7,10-11,25-27H,8-9H2,1H3;1-2H3;1H,(H3,2,3). The molecule has 0 amide bonds. The van der Waals surface area contributed by atoms with Crippen molar-refractivity contribution in [3.63, 3.8) is 0 Å². The van der Waals surface area contributed by atoms with Crippen molar-refractivity contribution in [3.8, 4) is 0 Å². The van der Waals surface area contributed by atoms with Crippen molar-refractivity contribution in [3.05, 3.63) is 69.2 Å². The van der Waals surface area contributed by atoms with Gasteiger partial charge >= 0.3 is 0 Å². The predicted molar refractivity (Wildman–Crippen MR) is 143 cm³/mol. The third kappa shape index (κ3) is 6.08. The van der Waals surface area contributed by atoms with Crippen LogP contribution >= 0.6 is 34.8 Å². The lowest BCUT2D eigenvalue weighted by atomic mass is 10.0. The second-order valence-electron chi connectivity index (χ2n) is 6.60. The number of H-pyrrole nitrogens is 1. The summed E-state index contributed by atoms with van der Waals surface area (Å²) in [5.74, 6) is 0. The fraction of sp³-hybridized carbons (Fsp3) is 0.208. The molecule has 1 aromatic heterocycles. The van der Waals surface area contributed by atoms with E-state index in [9.17, 15) is 0 Å². The smallest absolute Gasteiger partial charge is 0.0765 e. The summed E-state index contributed by atoms with van der Waals surface area (Å²) in [5.41, 5.74) is 9.72. The van der Waals surface area contributed by atoms with Gasteiger partial charge in [-0.25, -0.2) is 0 Å². The Hall–Kier alpha value is -2.44. The van der Waals surface area contributed by atoms with Gasteiger partial charge in [-0.1, -0.05) is 54.7 Å². The van der Waals surface area contributed by atoms with Crippen LogP contribution in [0.25, 0.3) is 21.8 Å². The van der Waals surface area contributed by atoms with Gasteiger partial charge in [0.05, 0.1) is 21.9 Å². The lowest BCUT2D eigenvalue weighted by Gasteiger charge is -2.14. The first-order valence-corrected chi connectivity index (χ1v) is 11.4. The summed E-state index contributed by atoms with van der Waals surface area (Å²) in [5, 5.41) is 16.7. The topological polar surface area (TPSA) is 89.7 Å². The highest BCUT2D eigenvalue weighted by atomic mass is 35.5. The fourth-order valence-electron chi connectivity index (χ4n) is 3.35. The van der Waals surface area contributed by atoms with E-state index in [2.05, 4.69) is 33.5 Å². The van der Waals surface area contributed by atoms with Gasteiger partial charge in [-0.15, -0.1) is 0 Å². The quantitative estimate of drug-likeness (QED) is 0.149. The molecule has 0 radical (unpaired) electrons. The van der Waals surface area contributed by atoms with Gasteiger partial charge in [0, 0.05) is 38.3 Å². The molecule has 0 aliphatic heterocycles. The molecule has 0 saturated heterocycles. The summed E-state index contributed by atoms with van der Waals surface area (Å²) in [6.07, 6.45) is 1.62. The molecule has 0 bridgehead atoms. The molecule has 0 aliphatic carbocycles. The number of halogens is 3. The zero-order valence-electron chi connectivity index (χ0n) is 18.3. The Labute approximate surface area is 203 Å². The fourth-order valence-corrected chi connectivity index (χ4v) is 3.82. The van der Waals surface area contributed by atoms with Crippen LogP contribution in [0.5, 0.6) is 0 Å². The number of fused-ring (bicyclic) bond motifs is 3. The summed E-state index contributed by atoms with van der Waals surface area (Å²) in [4.78, 5) is 3.56. The third-order valence-corrected chi connectivity index (χ3v) is 5.64. The molecule has 0 fully saturated rings. The summed E-state index contributed by atoms with van der Waals surface area (Å²) >= 11 is 18.4. The van der Waals surface area contributed by atoms with Crippen LogP contribution < -0.4 is 16.4 Å². The normalized spacial score (nSPS) is 10.2.